The Kier molecular flexibility index (Phi) is 11.6. The summed E-state index contributed by atoms with van der Waals surface area (Å²) in [7, 11) is 1.84. The second kappa shape index (κ2) is 11.6. The number of nitrogens with one attached hydrogen (secondary N) is 2. The fourth-order valence-electron chi connectivity index (χ4n) is 2.74. The molecular weight excluding hydrogens is 363 g/mol. The molecule has 2 atom stereocenters. The summed E-state index contributed by atoms with van der Waals surface area (Å²) in [6.45, 7) is 10.1. The van der Waals surface area contributed by atoms with Crippen molar-refractivity contribution in [1.82, 2.24) is 15.5 Å². The van der Waals surface area contributed by atoms with Crippen LogP contribution in [0, 0.1) is 0 Å². The van der Waals surface area contributed by atoms with Gasteiger partial charge in [0.2, 0.25) is 0 Å². The minimum Gasteiger partial charge on any atom is -0.356 e. The number of aliphatic imine (C=N–C) groups is 1. The summed E-state index contributed by atoms with van der Waals surface area (Å²) in [6.07, 6.45) is 6.48. The number of hydrogen-bond donors (Lipinski definition) is 2. The van der Waals surface area contributed by atoms with E-state index >= 15 is 0 Å². The van der Waals surface area contributed by atoms with Crippen LogP contribution in [0.25, 0.3) is 0 Å². The molecule has 1 rings (SSSR count). The lowest BCUT2D eigenvalue weighted by molar-refractivity contribution is 0.115. The fraction of sp³-hybridized carbons (Fsp3) is 0.933. The van der Waals surface area contributed by atoms with Gasteiger partial charge in [0, 0.05) is 32.2 Å². The van der Waals surface area contributed by atoms with Crippen molar-refractivity contribution < 1.29 is 0 Å². The number of hydrogen-bond acceptors (Lipinski definition) is 2. The molecule has 2 unspecified atom stereocenters. The van der Waals surface area contributed by atoms with Crippen LogP contribution in [-0.2, 0) is 0 Å². The molecule has 0 aromatic heterocycles. The van der Waals surface area contributed by atoms with Crippen molar-refractivity contribution in [2.24, 2.45) is 4.99 Å². The second-order valence-corrected chi connectivity index (χ2v) is 5.67. The summed E-state index contributed by atoms with van der Waals surface area (Å²) >= 11 is 0. The number of halogens is 1. The molecule has 120 valence electrons. The van der Waals surface area contributed by atoms with E-state index in [1.807, 2.05) is 7.05 Å². The molecular formula is C15H33IN4. The van der Waals surface area contributed by atoms with E-state index in [0.717, 1.165) is 25.1 Å². The molecule has 1 fully saturated rings. The van der Waals surface area contributed by atoms with Crippen LogP contribution in [-0.4, -0.2) is 49.6 Å². The molecule has 0 aliphatic carbocycles. The van der Waals surface area contributed by atoms with Crippen LogP contribution >= 0.6 is 24.0 Å². The van der Waals surface area contributed by atoms with Gasteiger partial charge in [-0.1, -0.05) is 19.8 Å². The number of guanidine groups is 1. The van der Waals surface area contributed by atoms with Crippen molar-refractivity contribution in [1.29, 1.82) is 0 Å². The fourth-order valence-corrected chi connectivity index (χ4v) is 2.74. The van der Waals surface area contributed by atoms with Crippen molar-refractivity contribution in [3.8, 4) is 0 Å². The lowest BCUT2D eigenvalue weighted by Crippen LogP contribution is -2.50. The predicted octanol–water partition coefficient (Wildman–Crippen LogP) is 2.83. The number of likely N-dealkylation sites (tertiary alicyclic amines) is 1. The Morgan fingerprint density at radius 2 is 2.10 bits per heavy atom. The van der Waals surface area contributed by atoms with Gasteiger partial charge in [0.25, 0.3) is 0 Å². The molecule has 0 aromatic rings. The molecule has 1 aliphatic rings. The molecule has 0 spiro atoms. The van der Waals surface area contributed by atoms with E-state index in [1.165, 1.54) is 38.6 Å². The summed E-state index contributed by atoms with van der Waals surface area (Å²) < 4.78 is 0. The first-order valence-electron chi connectivity index (χ1n) is 7.89. The standard InChI is InChI=1S/C15H32N4.HI/c1-5-6-10-17-15(16-4)18-12-14(3)19-11-8-7-9-13(19)2;/h13-14H,5-12H2,1-4H3,(H2,16,17,18);1H. The topological polar surface area (TPSA) is 39.7 Å². The van der Waals surface area contributed by atoms with E-state index in [4.69, 9.17) is 0 Å². The molecule has 5 heteroatoms. The monoisotopic (exact) mass is 396 g/mol. The molecule has 20 heavy (non-hydrogen) atoms. The molecule has 1 aliphatic heterocycles. The highest BCUT2D eigenvalue weighted by Crippen LogP contribution is 2.18. The summed E-state index contributed by atoms with van der Waals surface area (Å²) in [5.41, 5.74) is 0. The van der Waals surface area contributed by atoms with Crippen molar-refractivity contribution >= 4 is 29.9 Å². The van der Waals surface area contributed by atoms with Gasteiger partial charge in [0.1, 0.15) is 0 Å². The largest absolute Gasteiger partial charge is 0.356 e. The van der Waals surface area contributed by atoms with Gasteiger partial charge in [0.05, 0.1) is 0 Å². The van der Waals surface area contributed by atoms with Crippen LogP contribution in [0.1, 0.15) is 52.9 Å². The quantitative estimate of drug-likeness (QED) is 0.314. The van der Waals surface area contributed by atoms with E-state index in [9.17, 15) is 0 Å². The van der Waals surface area contributed by atoms with Crippen molar-refractivity contribution in [3.63, 3.8) is 0 Å². The van der Waals surface area contributed by atoms with E-state index in [-0.39, 0.29) is 24.0 Å². The molecule has 0 radical (unpaired) electrons. The molecule has 0 saturated carbocycles. The van der Waals surface area contributed by atoms with Gasteiger partial charge < -0.3 is 10.6 Å². The molecule has 2 N–H and O–H groups in total. The van der Waals surface area contributed by atoms with E-state index in [1.54, 1.807) is 0 Å². The van der Waals surface area contributed by atoms with E-state index < -0.39 is 0 Å². The van der Waals surface area contributed by atoms with Crippen molar-refractivity contribution in [3.05, 3.63) is 0 Å². The first kappa shape index (κ1) is 20.0. The third kappa shape index (κ3) is 7.11. The van der Waals surface area contributed by atoms with Gasteiger partial charge >= 0.3 is 0 Å². The molecule has 1 heterocycles. The number of unbranched alkanes of at least 4 members (excludes halogenated alkanes) is 1. The van der Waals surface area contributed by atoms with Crippen LogP contribution in [0.15, 0.2) is 4.99 Å². The lowest BCUT2D eigenvalue weighted by Gasteiger charge is -2.38. The Hall–Kier alpha value is -0.0400. The molecule has 1 saturated heterocycles. The highest BCUT2D eigenvalue weighted by atomic mass is 127. The van der Waals surface area contributed by atoms with Gasteiger partial charge in [-0.15, -0.1) is 24.0 Å². The predicted molar refractivity (Wildman–Crippen MR) is 99.2 cm³/mol. The number of rotatable bonds is 6. The zero-order chi connectivity index (χ0) is 14.1. The van der Waals surface area contributed by atoms with Crippen molar-refractivity contribution in [2.45, 2.75) is 65.0 Å². The average Bonchev–Trinajstić information content (AvgIpc) is 2.43. The first-order valence-corrected chi connectivity index (χ1v) is 7.89. The van der Waals surface area contributed by atoms with Gasteiger partial charge in [-0.3, -0.25) is 9.89 Å². The number of nitrogens with zero attached hydrogens (tertiary/aromatic N) is 2. The lowest BCUT2D eigenvalue weighted by atomic mass is 10.0. The van der Waals surface area contributed by atoms with Crippen LogP contribution in [0.2, 0.25) is 0 Å². The minimum atomic E-state index is 0. The van der Waals surface area contributed by atoms with Crippen LogP contribution < -0.4 is 10.6 Å². The summed E-state index contributed by atoms with van der Waals surface area (Å²) in [5.74, 6) is 0.935. The Balaban J connectivity index is 0.00000361. The highest BCUT2D eigenvalue weighted by molar-refractivity contribution is 14.0. The van der Waals surface area contributed by atoms with Gasteiger partial charge in [-0.05, 0) is 39.7 Å². The first-order chi connectivity index (χ1) is 9.19. The second-order valence-electron chi connectivity index (χ2n) is 5.67. The summed E-state index contributed by atoms with van der Waals surface area (Å²) in [6, 6.07) is 1.29. The maximum absolute atomic E-state index is 4.27. The average molecular weight is 396 g/mol. The highest BCUT2D eigenvalue weighted by Gasteiger charge is 2.22. The maximum Gasteiger partial charge on any atom is 0.191 e. The molecule has 0 bridgehead atoms. The Labute approximate surface area is 142 Å². The third-order valence-corrected chi connectivity index (χ3v) is 4.03. The smallest absolute Gasteiger partial charge is 0.191 e. The number of piperidine rings is 1. The SMILES string of the molecule is CCCCNC(=NC)NCC(C)N1CCCCC1C.I. The van der Waals surface area contributed by atoms with Crippen molar-refractivity contribution in [2.75, 3.05) is 26.7 Å². The van der Waals surface area contributed by atoms with Gasteiger partial charge in [0.15, 0.2) is 5.96 Å². The van der Waals surface area contributed by atoms with E-state index in [2.05, 4.69) is 41.3 Å². The molecule has 0 aromatic carbocycles. The van der Waals surface area contributed by atoms with Crippen LogP contribution in [0.4, 0.5) is 0 Å². The Bertz CT molecular complexity index is 271. The molecule has 4 nitrogen and oxygen atoms in total. The zero-order valence-electron chi connectivity index (χ0n) is 13.6. The van der Waals surface area contributed by atoms with E-state index in [0.29, 0.717) is 6.04 Å². The van der Waals surface area contributed by atoms with Gasteiger partial charge in [-0.2, -0.15) is 0 Å². The Morgan fingerprint density at radius 3 is 2.70 bits per heavy atom. The van der Waals surface area contributed by atoms with Crippen LogP contribution in [0.3, 0.4) is 0 Å². The summed E-state index contributed by atoms with van der Waals surface area (Å²) in [4.78, 5) is 6.89. The summed E-state index contributed by atoms with van der Waals surface area (Å²) in [5, 5.41) is 6.80. The Morgan fingerprint density at radius 1 is 1.35 bits per heavy atom. The molecule has 0 amide bonds. The third-order valence-electron chi connectivity index (χ3n) is 4.03. The normalized spacial score (nSPS) is 22.0. The van der Waals surface area contributed by atoms with Crippen LogP contribution in [0.5, 0.6) is 0 Å². The minimum absolute atomic E-state index is 0. The maximum atomic E-state index is 4.27. The zero-order valence-corrected chi connectivity index (χ0v) is 15.9. The van der Waals surface area contributed by atoms with Gasteiger partial charge in [-0.25, -0.2) is 0 Å².